The zero-order valence-electron chi connectivity index (χ0n) is 13.8. The summed E-state index contributed by atoms with van der Waals surface area (Å²) in [5, 5.41) is 6.04. The smallest absolute Gasteiger partial charge is 0.241 e. The highest BCUT2D eigenvalue weighted by molar-refractivity contribution is 7.89. The van der Waals surface area contributed by atoms with E-state index in [1.54, 1.807) is 32.9 Å². The molecule has 0 aliphatic carbocycles. The molecule has 1 saturated heterocycles. The van der Waals surface area contributed by atoms with Crippen molar-refractivity contribution < 1.29 is 13.2 Å². The minimum absolute atomic E-state index is 0.109. The number of anilines is 1. The van der Waals surface area contributed by atoms with Gasteiger partial charge >= 0.3 is 0 Å². The first-order chi connectivity index (χ1) is 10.7. The monoisotopic (exact) mass is 339 g/mol. The van der Waals surface area contributed by atoms with Crippen molar-refractivity contribution in [2.45, 2.75) is 56.5 Å². The van der Waals surface area contributed by atoms with Crippen molar-refractivity contribution in [1.29, 1.82) is 0 Å². The number of hydrogen-bond acceptors (Lipinski definition) is 4. The third kappa shape index (κ3) is 5.60. The lowest BCUT2D eigenvalue weighted by molar-refractivity contribution is -0.116. The molecule has 1 aromatic carbocycles. The van der Waals surface area contributed by atoms with E-state index in [4.69, 9.17) is 0 Å². The third-order valence-corrected chi connectivity index (χ3v) is 5.22. The van der Waals surface area contributed by atoms with Gasteiger partial charge in [0.25, 0.3) is 0 Å². The number of carbonyl (C=O) groups is 1. The Morgan fingerprint density at radius 1 is 1.35 bits per heavy atom. The van der Waals surface area contributed by atoms with Crippen LogP contribution in [-0.4, -0.2) is 32.5 Å². The second-order valence-corrected chi connectivity index (χ2v) is 8.61. The Kier molecular flexibility index (Phi) is 5.44. The van der Waals surface area contributed by atoms with Gasteiger partial charge in [-0.3, -0.25) is 4.79 Å². The van der Waals surface area contributed by atoms with Gasteiger partial charge in [0.05, 0.1) is 4.90 Å². The summed E-state index contributed by atoms with van der Waals surface area (Å²) in [7, 11) is -3.61. The first-order valence-electron chi connectivity index (χ1n) is 7.83. The van der Waals surface area contributed by atoms with Crippen LogP contribution in [0.1, 0.15) is 40.0 Å². The zero-order valence-corrected chi connectivity index (χ0v) is 14.7. The number of benzene rings is 1. The van der Waals surface area contributed by atoms with Crippen molar-refractivity contribution in [2.24, 2.45) is 0 Å². The molecule has 0 spiro atoms. The van der Waals surface area contributed by atoms with E-state index in [-0.39, 0.29) is 16.8 Å². The molecule has 1 heterocycles. The molecule has 3 N–H and O–H groups in total. The van der Waals surface area contributed by atoms with Crippen LogP contribution in [0.3, 0.4) is 0 Å². The molecule has 23 heavy (non-hydrogen) atoms. The van der Waals surface area contributed by atoms with Gasteiger partial charge in [0, 0.05) is 23.7 Å². The average molecular weight is 339 g/mol. The van der Waals surface area contributed by atoms with Gasteiger partial charge in [-0.15, -0.1) is 0 Å². The number of nitrogens with one attached hydrogen (secondary N) is 3. The SMILES string of the molecule is CC(C)(C)NS(=O)(=O)c1cccc(NC(=O)CC2CCCN2)c1. The van der Waals surface area contributed by atoms with Crippen LogP contribution in [0, 0.1) is 0 Å². The van der Waals surface area contributed by atoms with Gasteiger partial charge in [-0.1, -0.05) is 6.07 Å². The predicted molar refractivity (Wildman–Crippen MR) is 90.8 cm³/mol. The Labute approximate surface area is 138 Å². The average Bonchev–Trinajstić information content (AvgIpc) is 2.89. The summed E-state index contributed by atoms with van der Waals surface area (Å²) in [5.74, 6) is -0.109. The lowest BCUT2D eigenvalue weighted by Gasteiger charge is -2.20. The first kappa shape index (κ1) is 17.9. The molecule has 1 atom stereocenters. The fourth-order valence-corrected chi connectivity index (χ4v) is 4.03. The van der Waals surface area contributed by atoms with Crippen LogP contribution >= 0.6 is 0 Å². The molecule has 1 aliphatic rings. The Bertz CT molecular complexity index is 659. The maximum Gasteiger partial charge on any atom is 0.241 e. The van der Waals surface area contributed by atoms with E-state index in [9.17, 15) is 13.2 Å². The Morgan fingerprint density at radius 3 is 2.70 bits per heavy atom. The number of carbonyl (C=O) groups excluding carboxylic acids is 1. The summed E-state index contributed by atoms with van der Waals surface area (Å²) in [5.41, 5.74) is -0.0727. The van der Waals surface area contributed by atoms with Gasteiger partial charge in [-0.2, -0.15) is 0 Å². The van der Waals surface area contributed by atoms with Crippen LogP contribution in [-0.2, 0) is 14.8 Å². The highest BCUT2D eigenvalue weighted by Gasteiger charge is 2.22. The van der Waals surface area contributed by atoms with Gasteiger partial charge in [0.2, 0.25) is 15.9 Å². The largest absolute Gasteiger partial charge is 0.326 e. The van der Waals surface area contributed by atoms with Crippen LogP contribution in [0.2, 0.25) is 0 Å². The molecule has 0 bridgehead atoms. The van der Waals surface area contributed by atoms with E-state index in [1.807, 2.05) is 0 Å². The van der Waals surface area contributed by atoms with E-state index in [1.165, 1.54) is 12.1 Å². The topological polar surface area (TPSA) is 87.3 Å². The van der Waals surface area contributed by atoms with E-state index < -0.39 is 15.6 Å². The fourth-order valence-electron chi connectivity index (χ4n) is 2.57. The summed E-state index contributed by atoms with van der Waals surface area (Å²) in [4.78, 5) is 12.2. The van der Waals surface area contributed by atoms with Crippen LogP contribution in [0.4, 0.5) is 5.69 Å². The molecule has 1 amide bonds. The first-order valence-corrected chi connectivity index (χ1v) is 9.31. The third-order valence-electron chi connectivity index (χ3n) is 3.46. The molecule has 1 aromatic rings. The molecule has 1 aliphatic heterocycles. The second kappa shape index (κ2) is 6.98. The maximum atomic E-state index is 12.3. The van der Waals surface area contributed by atoms with Gasteiger partial charge in [-0.05, 0) is 58.4 Å². The molecule has 1 fully saturated rings. The molecule has 0 aromatic heterocycles. The van der Waals surface area contributed by atoms with Crippen molar-refractivity contribution in [1.82, 2.24) is 10.0 Å². The van der Waals surface area contributed by atoms with Crippen molar-refractivity contribution in [3.05, 3.63) is 24.3 Å². The van der Waals surface area contributed by atoms with Crippen LogP contribution in [0.5, 0.6) is 0 Å². The van der Waals surface area contributed by atoms with Crippen molar-refractivity contribution in [3.8, 4) is 0 Å². The van der Waals surface area contributed by atoms with Gasteiger partial charge in [0.15, 0.2) is 0 Å². The summed E-state index contributed by atoms with van der Waals surface area (Å²) in [6, 6.07) is 6.53. The van der Waals surface area contributed by atoms with E-state index >= 15 is 0 Å². The maximum absolute atomic E-state index is 12.3. The molecule has 1 unspecified atom stereocenters. The van der Waals surface area contributed by atoms with Crippen LogP contribution < -0.4 is 15.4 Å². The minimum atomic E-state index is -3.61. The highest BCUT2D eigenvalue weighted by atomic mass is 32.2. The van der Waals surface area contributed by atoms with E-state index in [2.05, 4.69) is 15.4 Å². The van der Waals surface area contributed by atoms with Gasteiger partial charge < -0.3 is 10.6 Å². The minimum Gasteiger partial charge on any atom is -0.326 e. The van der Waals surface area contributed by atoms with Crippen molar-refractivity contribution in [3.63, 3.8) is 0 Å². The second-order valence-electron chi connectivity index (χ2n) is 6.93. The Hall–Kier alpha value is -1.44. The lowest BCUT2D eigenvalue weighted by Crippen LogP contribution is -2.40. The number of rotatable bonds is 5. The van der Waals surface area contributed by atoms with E-state index in [0.717, 1.165) is 19.4 Å². The summed E-state index contributed by atoms with van der Waals surface area (Å²) < 4.78 is 27.3. The van der Waals surface area contributed by atoms with E-state index in [0.29, 0.717) is 12.1 Å². The van der Waals surface area contributed by atoms with Crippen molar-refractivity contribution in [2.75, 3.05) is 11.9 Å². The zero-order chi connectivity index (χ0) is 17.1. The van der Waals surface area contributed by atoms with Crippen LogP contribution in [0.15, 0.2) is 29.2 Å². The summed E-state index contributed by atoms with van der Waals surface area (Å²) >= 11 is 0. The van der Waals surface area contributed by atoms with Crippen molar-refractivity contribution >= 4 is 21.6 Å². The number of hydrogen-bond donors (Lipinski definition) is 3. The Balaban J connectivity index is 2.05. The Morgan fingerprint density at radius 2 is 2.09 bits per heavy atom. The fraction of sp³-hybridized carbons (Fsp3) is 0.562. The highest BCUT2D eigenvalue weighted by Crippen LogP contribution is 2.18. The lowest BCUT2D eigenvalue weighted by atomic mass is 10.1. The molecule has 0 radical (unpaired) electrons. The molecular weight excluding hydrogens is 314 g/mol. The quantitative estimate of drug-likeness (QED) is 0.764. The van der Waals surface area contributed by atoms with Gasteiger partial charge in [-0.25, -0.2) is 13.1 Å². The van der Waals surface area contributed by atoms with Crippen LogP contribution in [0.25, 0.3) is 0 Å². The van der Waals surface area contributed by atoms with Gasteiger partial charge in [0.1, 0.15) is 0 Å². The summed E-state index contributed by atoms with van der Waals surface area (Å²) in [6.45, 7) is 6.30. The standard InChI is InChI=1S/C16H25N3O3S/c1-16(2,3)19-23(21,22)14-8-4-6-13(10-14)18-15(20)11-12-7-5-9-17-12/h4,6,8,10,12,17,19H,5,7,9,11H2,1-3H3,(H,18,20). The molecular formula is C16H25N3O3S. The molecule has 6 nitrogen and oxygen atoms in total. The molecule has 2 rings (SSSR count). The molecule has 0 saturated carbocycles. The number of amides is 1. The summed E-state index contributed by atoms with van der Waals surface area (Å²) in [6.07, 6.45) is 2.48. The number of sulfonamides is 1. The predicted octanol–water partition coefficient (Wildman–Crippen LogP) is 1.84. The normalized spacial score (nSPS) is 18.8. The molecule has 7 heteroatoms. The molecule has 128 valence electrons.